The lowest BCUT2D eigenvalue weighted by Crippen LogP contribution is -2.49. The van der Waals surface area contributed by atoms with E-state index in [9.17, 15) is 9.18 Å². The number of nitrogens with zero attached hydrogens (tertiary/aromatic N) is 4. The molecule has 5 rings (SSSR count). The number of rotatable bonds is 6. The van der Waals surface area contributed by atoms with E-state index in [1.54, 1.807) is 13.2 Å². The second kappa shape index (κ2) is 9.78. The number of carbonyl (C=O) groups excluding carboxylic acids is 1. The maximum Gasteiger partial charge on any atom is 0.223 e. The predicted octanol–water partition coefficient (Wildman–Crippen LogP) is 4.66. The zero-order valence-electron chi connectivity index (χ0n) is 20.0. The van der Waals surface area contributed by atoms with E-state index in [1.165, 1.54) is 12.1 Å². The normalized spacial score (nSPS) is 14.8. The number of anilines is 1. The summed E-state index contributed by atoms with van der Waals surface area (Å²) in [6.07, 6.45) is 4.02. The zero-order valence-corrected chi connectivity index (χ0v) is 20.0. The molecule has 2 aromatic heterocycles. The molecule has 1 fully saturated rings. The number of ether oxygens (including phenoxy) is 1. The van der Waals surface area contributed by atoms with Crippen LogP contribution in [0.4, 0.5) is 10.1 Å². The first kappa shape index (κ1) is 22.9. The fourth-order valence-corrected chi connectivity index (χ4v) is 4.86. The van der Waals surface area contributed by atoms with Gasteiger partial charge in [-0.2, -0.15) is 0 Å². The first-order chi connectivity index (χ1) is 17.0. The molecular formula is C28H29FN4O2. The van der Waals surface area contributed by atoms with E-state index in [-0.39, 0.29) is 24.1 Å². The molecule has 0 aliphatic carbocycles. The zero-order chi connectivity index (χ0) is 24.4. The number of piperazine rings is 1. The molecule has 7 heteroatoms. The Morgan fingerprint density at radius 1 is 1.06 bits per heavy atom. The van der Waals surface area contributed by atoms with E-state index in [0.717, 1.165) is 47.0 Å². The molecule has 4 aromatic rings. The second-order valence-electron chi connectivity index (χ2n) is 8.95. The SMILES string of the molecule is COc1ccc(N2CCN(C(=O)CC(c3cccc(F)c3)c3cnc4c(C)cccn34)CC2)cc1. The molecular weight excluding hydrogens is 443 g/mol. The van der Waals surface area contributed by atoms with Gasteiger partial charge in [0.05, 0.1) is 12.8 Å². The Kier molecular flexibility index (Phi) is 6.40. The fraction of sp³-hybridized carbons (Fsp3) is 0.286. The van der Waals surface area contributed by atoms with Gasteiger partial charge in [0.15, 0.2) is 0 Å². The quantitative estimate of drug-likeness (QED) is 0.410. The third-order valence-corrected chi connectivity index (χ3v) is 6.82. The van der Waals surface area contributed by atoms with Crippen LogP contribution in [0.25, 0.3) is 5.65 Å². The minimum Gasteiger partial charge on any atom is -0.497 e. The van der Waals surface area contributed by atoms with Gasteiger partial charge in [-0.25, -0.2) is 9.37 Å². The molecule has 180 valence electrons. The van der Waals surface area contributed by atoms with Crippen molar-refractivity contribution in [2.24, 2.45) is 0 Å². The summed E-state index contributed by atoms with van der Waals surface area (Å²) in [7, 11) is 1.66. The first-order valence-corrected chi connectivity index (χ1v) is 11.9. The first-order valence-electron chi connectivity index (χ1n) is 11.9. The Morgan fingerprint density at radius 3 is 2.54 bits per heavy atom. The van der Waals surface area contributed by atoms with Crippen LogP contribution in [-0.2, 0) is 4.79 Å². The number of aromatic nitrogens is 2. The van der Waals surface area contributed by atoms with Crippen molar-refractivity contribution in [2.45, 2.75) is 19.3 Å². The largest absolute Gasteiger partial charge is 0.497 e. The van der Waals surface area contributed by atoms with Crippen molar-refractivity contribution in [1.82, 2.24) is 14.3 Å². The van der Waals surface area contributed by atoms with Gasteiger partial charge in [0.2, 0.25) is 5.91 Å². The van der Waals surface area contributed by atoms with Crippen molar-refractivity contribution in [1.29, 1.82) is 0 Å². The Hall–Kier alpha value is -3.87. The van der Waals surface area contributed by atoms with Gasteiger partial charge in [-0.1, -0.05) is 18.2 Å². The lowest BCUT2D eigenvalue weighted by Gasteiger charge is -2.36. The minimum atomic E-state index is -0.307. The summed E-state index contributed by atoms with van der Waals surface area (Å²) in [5.74, 6) is 0.289. The summed E-state index contributed by atoms with van der Waals surface area (Å²) in [5, 5.41) is 0. The number of hydrogen-bond donors (Lipinski definition) is 0. The van der Waals surface area contributed by atoms with E-state index in [4.69, 9.17) is 4.74 Å². The van der Waals surface area contributed by atoms with Gasteiger partial charge >= 0.3 is 0 Å². The van der Waals surface area contributed by atoms with Gasteiger partial charge in [-0.05, 0) is 60.5 Å². The predicted molar refractivity (Wildman–Crippen MR) is 135 cm³/mol. The smallest absolute Gasteiger partial charge is 0.223 e. The van der Waals surface area contributed by atoms with Crippen molar-refractivity contribution in [3.8, 4) is 5.75 Å². The van der Waals surface area contributed by atoms with Crippen molar-refractivity contribution < 1.29 is 13.9 Å². The molecule has 1 unspecified atom stereocenters. The number of carbonyl (C=O) groups is 1. The van der Waals surface area contributed by atoms with E-state index >= 15 is 0 Å². The van der Waals surface area contributed by atoms with E-state index in [1.807, 2.05) is 71.1 Å². The Labute approximate surface area is 204 Å². The number of halogens is 1. The average Bonchev–Trinajstić information content (AvgIpc) is 3.32. The van der Waals surface area contributed by atoms with Crippen LogP contribution in [0.2, 0.25) is 0 Å². The Bertz CT molecular complexity index is 1330. The van der Waals surface area contributed by atoms with Crippen LogP contribution in [0.1, 0.15) is 29.2 Å². The van der Waals surface area contributed by atoms with Gasteiger partial charge in [0.1, 0.15) is 17.2 Å². The molecule has 1 amide bonds. The van der Waals surface area contributed by atoms with Gasteiger partial charge in [0, 0.05) is 56.6 Å². The van der Waals surface area contributed by atoms with Crippen LogP contribution in [0.15, 0.2) is 73.1 Å². The number of amides is 1. The van der Waals surface area contributed by atoms with Crippen LogP contribution in [0.5, 0.6) is 5.75 Å². The number of pyridine rings is 1. The molecule has 0 bridgehead atoms. The van der Waals surface area contributed by atoms with Gasteiger partial charge in [-0.3, -0.25) is 4.79 Å². The summed E-state index contributed by atoms with van der Waals surface area (Å²) >= 11 is 0. The molecule has 2 aromatic carbocycles. The number of benzene rings is 2. The van der Waals surface area contributed by atoms with Gasteiger partial charge < -0.3 is 18.9 Å². The van der Waals surface area contributed by atoms with Crippen LogP contribution in [0.3, 0.4) is 0 Å². The van der Waals surface area contributed by atoms with Crippen LogP contribution in [-0.4, -0.2) is 53.5 Å². The number of aryl methyl sites for hydroxylation is 1. The number of methoxy groups -OCH3 is 1. The van der Waals surface area contributed by atoms with Crippen molar-refractivity contribution >= 4 is 17.2 Å². The van der Waals surface area contributed by atoms with Gasteiger partial charge in [-0.15, -0.1) is 0 Å². The Morgan fingerprint density at radius 2 is 1.83 bits per heavy atom. The third kappa shape index (κ3) is 4.71. The second-order valence-corrected chi connectivity index (χ2v) is 8.95. The molecule has 35 heavy (non-hydrogen) atoms. The van der Waals surface area contributed by atoms with E-state index < -0.39 is 0 Å². The van der Waals surface area contributed by atoms with Crippen molar-refractivity contribution in [2.75, 3.05) is 38.2 Å². The van der Waals surface area contributed by atoms with Crippen molar-refractivity contribution in [3.05, 3.63) is 95.7 Å². The molecule has 1 aliphatic rings. The summed E-state index contributed by atoms with van der Waals surface area (Å²) in [6.45, 7) is 4.83. The highest BCUT2D eigenvalue weighted by Gasteiger charge is 2.27. The highest BCUT2D eigenvalue weighted by molar-refractivity contribution is 5.78. The highest BCUT2D eigenvalue weighted by Crippen LogP contribution is 2.31. The molecule has 0 N–H and O–H groups in total. The molecule has 0 spiro atoms. The number of imidazole rings is 1. The van der Waals surface area contributed by atoms with Gasteiger partial charge in [0.25, 0.3) is 0 Å². The third-order valence-electron chi connectivity index (χ3n) is 6.82. The van der Waals surface area contributed by atoms with Crippen molar-refractivity contribution in [3.63, 3.8) is 0 Å². The summed E-state index contributed by atoms with van der Waals surface area (Å²) in [6, 6.07) is 18.5. The lowest BCUT2D eigenvalue weighted by atomic mass is 9.92. The summed E-state index contributed by atoms with van der Waals surface area (Å²) in [4.78, 5) is 22.2. The van der Waals surface area contributed by atoms with Crippen LogP contribution >= 0.6 is 0 Å². The Balaban J connectivity index is 1.35. The van der Waals surface area contributed by atoms with Crippen LogP contribution < -0.4 is 9.64 Å². The average molecular weight is 473 g/mol. The standard InChI is InChI=1S/C28H29FN4O2/c1-20-5-4-12-33-26(19-30-28(20)33)25(21-6-3-7-22(29)17-21)18-27(34)32-15-13-31(14-16-32)23-8-10-24(35-2)11-9-23/h3-12,17,19,25H,13-16,18H2,1-2H3. The molecule has 0 radical (unpaired) electrons. The highest BCUT2D eigenvalue weighted by atomic mass is 19.1. The number of hydrogen-bond acceptors (Lipinski definition) is 4. The molecule has 6 nitrogen and oxygen atoms in total. The molecule has 1 aliphatic heterocycles. The summed E-state index contributed by atoms with van der Waals surface area (Å²) in [5.41, 5.74) is 4.69. The fourth-order valence-electron chi connectivity index (χ4n) is 4.86. The maximum atomic E-state index is 14.2. The summed E-state index contributed by atoms with van der Waals surface area (Å²) < 4.78 is 21.4. The lowest BCUT2D eigenvalue weighted by molar-refractivity contribution is -0.131. The van der Waals surface area contributed by atoms with E-state index in [0.29, 0.717) is 13.1 Å². The van der Waals surface area contributed by atoms with Crippen LogP contribution in [0, 0.1) is 12.7 Å². The molecule has 1 atom stereocenters. The maximum absolute atomic E-state index is 14.2. The topological polar surface area (TPSA) is 50.1 Å². The number of fused-ring (bicyclic) bond motifs is 1. The molecule has 0 saturated carbocycles. The monoisotopic (exact) mass is 472 g/mol. The van der Waals surface area contributed by atoms with E-state index in [2.05, 4.69) is 9.88 Å². The minimum absolute atomic E-state index is 0.0660. The molecule has 1 saturated heterocycles. The molecule has 3 heterocycles.